The molecule has 3 atom stereocenters. The van der Waals surface area contributed by atoms with Crippen molar-refractivity contribution in [1.29, 1.82) is 0 Å². The Morgan fingerprint density at radius 1 is 1.42 bits per heavy atom. The minimum absolute atomic E-state index is 0. The smallest absolute Gasteiger partial charge is 0.240 e. The number of nitrogens with one attached hydrogen (secondary N) is 2. The van der Waals surface area contributed by atoms with Crippen molar-refractivity contribution in [3.8, 4) is 5.69 Å². The number of halogens is 1. The van der Waals surface area contributed by atoms with Crippen LogP contribution in [-0.4, -0.2) is 46.0 Å². The summed E-state index contributed by atoms with van der Waals surface area (Å²) in [4.78, 5) is 16.3. The predicted molar refractivity (Wildman–Crippen MR) is 92.4 cm³/mol. The Morgan fingerprint density at radius 3 is 2.79 bits per heavy atom. The topological polar surface area (TPSA) is 81.1 Å². The van der Waals surface area contributed by atoms with Crippen LogP contribution in [0.2, 0.25) is 0 Å². The van der Waals surface area contributed by atoms with E-state index in [2.05, 4.69) is 20.7 Å². The van der Waals surface area contributed by atoms with Crippen LogP contribution in [0.5, 0.6) is 0 Å². The van der Waals surface area contributed by atoms with Crippen molar-refractivity contribution in [2.45, 2.75) is 32.0 Å². The Balaban J connectivity index is 0.00000208. The summed E-state index contributed by atoms with van der Waals surface area (Å²) >= 11 is 0. The van der Waals surface area contributed by atoms with Gasteiger partial charge in [0.15, 0.2) is 0 Å². The van der Waals surface area contributed by atoms with E-state index in [0.717, 1.165) is 11.3 Å². The highest BCUT2D eigenvalue weighted by Crippen LogP contribution is 2.16. The SMILES string of the molecule is CC(NC(=O)[C@H]1NCCO[C@@H]1C)c1ccc(-n2cncn2)cc1.Cl. The van der Waals surface area contributed by atoms with Crippen LogP contribution in [0, 0.1) is 0 Å². The Kier molecular flexibility index (Phi) is 6.30. The van der Waals surface area contributed by atoms with Crippen LogP contribution in [0.3, 0.4) is 0 Å². The van der Waals surface area contributed by atoms with E-state index in [0.29, 0.717) is 13.2 Å². The van der Waals surface area contributed by atoms with Crippen molar-refractivity contribution in [2.24, 2.45) is 0 Å². The van der Waals surface area contributed by atoms with E-state index in [1.807, 2.05) is 38.1 Å². The number of rotatable bonds is 4. The zero-order valence-electron chi connectivity index (χ0n) is 13.7. The molecule has 1 amide bonds. The molecule has 3 rings (SSSR count). The minimum atomic E-state index is -0.305. The van der Waals surface area contributed by atoms with Gasteiger partial charge in [0.05, 0.1) is 24.4 Å². The van der Waals surface area contributed by atoms with Crippen molar-refractivity contribution in [2.75, 3.05) is 13.2 Å². The Hall–Kier alpha value is -1.96. The number of morpholine rings is 1. The first-order valence-corrected chi connectivity index (χ1v) is 7.75. The first kappa shape index (κ1) is 18.4. The maximum atomic E-state index is 12.4. The fraction of sp³-hybridized carbons (Fsp3) is 0.438. The van der Waals surface area contributed by atoms with Crippen LogP contribution in [0.15, 0.2) is 36.9 Å². The van der Waals surface area contributed by atoms with Crippen LogP contribution in [0.1, 0.15) is 25.5 Å². The van der Waals surface area contributed by atoms with Gasteiger partial charge in [0.1, 0.15) is 18.7 Å². The molecule has 1 saturated heterocycles. The molecule has 2 heterocycles. The second kappa shape index (κ2) is 8.23. The second-order valence-corrected chi connectivity index (χ2v) is 5.67. The summed E-state index contributed by atoms with van der Waals surface area (Å²) in [5.41, 5.74) is 1.97. The van der Waals surface area contributed by atoms with E-state index in [1.54, 1.807) is 11.0 Å². The average molecular weight is 352 g/mol. The van der Waals surface area contributed by atoms with Gasteiger partial charge in [-0.15, -0.1) is 12.4 Å². The summed E-state index contributed by atoms with van der Waals surface area (Å²) in [7, 11) is 0. The van der Waals surface area contributed by atoms with Crippen molar-refractivity contribution in [3.05, 3.63) is 42.5 Å². The molecule has 1 aromatic heterocycles. The lowest BCUT2D eigenvalue weighted by atomic mass is 10.1. The van der Waals surface area contributed by atoms with E-state index in [-0.39, 0.29) is 36.5 Å². The van der Waals surface area contributed by atoms with Gasteiger partial charge in [0.2, 0.25) is 5.91 Å². The minimum Gasteiger partial charge on any atom is -0.375 e. The van der Waals surface area contributed by atoms with E-state index >= 15 is 0 Å². The van der Waals surface area contributed by atoms with Gasteiger partial charge in [-0.1, -0.05) is 12.1 Å². The molecule has 1 aromatic carbocycles. The van der Waals surface area contributed by atoms with Gasteiger partial charge >= 0.3 is 0 Å². The lowest BCUT2D eigenvalue weighted by Gasteiger charge is -2.30. The van der Waals surface area contributed by atoms with E-state index in [9.17, 15) is 4.79 Å². The van der Waals surface area contributed by atoms with Gasteiger partial charge in [-0.3, -0.25) is 4.79 Å². The van der Waals surface area contributed by atoms with Crippen LogP contribution in [0.25, 0.3) is 5.69 Å². The standard InChI is InChI=1S/C16H21N5O2.ClH/c1-11(20-16(22)15-12(2)23-8-7-18-15)13-3-5-14(6-4-13)21-10-17-9-19-21;/h3-6,9-12,15,18H,7-8H2,1-2H3,(H,20,22);1H/t11?,12-,15+;/m1./s1. The molecule has 1 unspecified atom stereocenters. The number of benzene rings is 1. The third-order valence-corrected chi connectivity index (χ3v) is 4.03. The molecule has 2 aromatic rings. The third kappa shape index (κ3) is 4.11. The van der Waals surface area contributed by atoms with E-state index in [4.69, 9.17) is 4.74 Å². The Morgan fingerprint density at radius 2 is 2.17 bits per heavy atom. The van der Waals surface area contributed by atoms with Crippen molar-refractivity contribution >= 4 is 18.3 Å². The summed E-state index contributed by atoms with van der Waals surface area (Å²) in [5, 5.41) is 10.3. The predicted octanol–water partition coefficient (Wildman–Crippen LogP) is 1.24. The van der Waals surface area contributed by atoms with Crippen molar-refractivity contribution in [3.63, 3.8) is 0 Å². The molecule has 2 N–H and O–H groups in total. The molecule has 7 nitrogen and oxygen atoms in total. The molecule has 1 aliphatic heterocycles. The first-order chi connectivity index (χ1) is 11.1. The lowest BCUT2D eigenvalue weighted by Crippen LogP contribution is -2.55. The zero-order chi connectivity index (χ0) is 16.2. The summed E-state index contributed by atoms with van der Waals surface area (Å²) in [5.74, 6) is -0.0370. The Labute approximate surface area is 147 Å². The summed E-state index contributed by atoms with van der Waals surface area (Å²) < 4.78 is 7.21. The quantitative estimate of drug-likeness (QED) is 0.866. The molecule has 130 valence electrons. The molecule has 1 aliphatic rings. The van der Waals surface area contributed by atoms with E-state index in [1.165, 1.54) is 6.33 Å². The molecule has 0 radical (unpaired) electrons. The highest BCUT2D eigenvalue weighted by molar-refractivity contribution is 5.85. The van der Waals surface area contributed by atoms with Gasteiger partial charge in [-0.05, 0) is 31.5 Å². The number of hydrogen-bond acceptors (Lipinski definition) is 5. The average Bonchev–Trinajstić information content (AvgIpc) is 3.09. The molecular formula is C16H22ClN5O2. The fourth-order valence-corrected chi connectivity index (χ4v) is 2.67. The van der Waals surface area contributed by atoms with Gasteiger partial charge < -0.3 is 15.4 Å². The number of aromatic nitrogens is 3. The molecule has 0 bridgehead atoms. The zero-order valence-corrected chi connectivity index (χ0v) is 14.5. The fourth-order valence-electron chi connectivity index (χ4n) is 2.67. The van der Waals surface area contributed by atoms with E-state index < -0.39 is 0 Å². The molecule has 24 heavy (non-hydrogen) atoms. The number of carbonyl (C=O) groups excluding carboxylic acids is 1. The normalized spacial score (nSPS) is 21.6. The van der Waals surface area contributed by atoms with Crippen LogP contribution >= 0.6 is 12.4 Å². The number of amides is 1. The maximum Gasteiger partial charge on any atom is 0.240 e. The number of nitrogens with zero attached hydrogens (tertiary/aromatic N) is 3. The third-order valence-electron chi connectivity index (χ3n) is 4.03. The summed E-state index contributed by atoms with van der Waals surface area (Å²) in [6.07, 6.45) is 3.03. The number of ether oxygens (including phenoxy) is 1. The summed E-state index contributed by atoms with van der Waals surface area (Å²) in [6.45, 7) is 5.22. The van der Waals surface area contributed by atoms with Crippen molar-refractivity contribution in [1.82, 2.24) is 25.4 Å². The van der Waals surface area contributed by atoms with Gasteiger partial charge in [-0.25, -0.2) is 9.67 Å². The summed E-state index contributed by atoms with van der Waals surface area (Å²) in [6, 6.07) is 7.49. The Bertz CT molecular complexity index is 647. The van der Waals surface area contributed by atoms with Crippen LogP contribution in [-0.2, 0) is 9.53 Å². The highest BCUT2D eigenvalue weighted by Gasteiger charge is 2.29. The second-order valence-electron chi connectivity index (χ2n) is 5.67. The molecule has 1 fully saturated rings. The monoisotopic (exact) mass is 351 g/mol. The molecule has 0 aliphatic carbocycles. The molecule has 8 heteroatoms. The first-order valence-electron chi connectivity index (χ1n) is 7.75. The van der Waals surface area contributed by atoms with Gasteiger partial charge in [-0.2, -0.15) is 5.10 Å². The molecule has 0 spiro atoms. The molecular weight excluding hydrogens is 330 g/mol. The number of carbonyl (C=O) groups is 1. The van der Waals surface area contributed by atoms with Crippen LogP contribution in [0.4, 0.5) is 0 Å². The number of hydrogen-bond donors (Lipinski definition) is 2. The lowest BCUT2D eigenvalue weighted by molar-refractivity contribution is -0.129. The maximum absolute atomic E-state index is 12.4. The van der Waals surface area contributed by atoms with Gasteiger partial charge in [0, 0.05) is 6.54 Å². The largest absolute Gasteiger partial charge is 0.375 e. The van der Waals surface area contributed by atoms with Gasteiger partial charge in [0.25, 0.3) is 0 Å². The van der Waals surface area contributed by atoms with Crippen LogP contribution < -0.4 is 10.6 Å². The van der Waals surface area contributed by atoms with Crippen molar-refractivity contribution < 1.29 is 9.53 Å². The highest BCUT2D eigenvalue weighted by atomic mass is 35.5. The molecule has 0 saturated carbocycles.